The molecule has 0 saturated carbocycles. The van der Waals surface area contributed by atoms with Gasteiger partial charge < -0.3 is 24.6 Å². The summed E-state index contributed by atoms with van der Waals surface area (Å²) in [6.07, 6.45) is 4.17. The third-order valence-electron chi connectivity index (χ3n) is 7.14. The molecule has 38 heavy (non-hydrogen) atoms. The lowest BCUT2D eigenvalue weighted by Crippen LogP contribution is -2.46. The lowest BCUT2D eigenvalue weighted by molar-refractivity contribution is -0.124. The van der Waals surface area contributed by atoms with Crippen molar-refractivity contribution in [3.05, 3.63) is 83.2 Å². The van der Waals surface area contributed by atoms with Crippen molar-refractivity contribution in [2.24, 2.45) is 0 Å². The topological polar surface area (TPSA) is 84.0 Å². The number of rotatable bonds is 10. The number of aryl methyl sites for hydroxylation is 1. The van der Waals surface area contributed by atoms with Crippen molar-refractivity contribution in [3.63, 3.8) is 0 Å². The van der Waals surface area contributed by atoms with Crippen LogP contribution in [-0.2, 0) is 4.79 Å². The largest absolute Gasteiger partial charge is 0.493 e. The number of carbonyl (C=O) groups is 2. The zero-order chi connectivity index (χ0) is 27.2. The summed E-state index contributed by atoms with van der Waals surface area (Å²) in [5, 5.41) is 3.14. The van der Waals surface area contributed by atoms with E-state index in [0.29, 0.717) is 29.2 Å². The molecule has 0 bridgehead atoms. The Morgan fingerprint density at radius 2 is 1.87 bits per heavy atom. The van der Waals surface area contributed by atoms with Gasteiger partial charge in [-0.1, -0.05) is 18.2 Å². The van der Waals surface area contributed by atoms with Crippen LogP contribution in [0.1, 0.15) is 52.4 Å². The van der Waals surface area contributed by atoms with E-state index < -0.39 is 12.0 Å². The fourth-order valence-electron chi connectivity index (χ4n) is 5.18. The molecule has 2 heterocycles. The molecule has 3 aromatic rings. The first-order chi connectivity index (χ1) is 18.4. The number of anilines is 1. The molecule has 0 radical (unpaired) electrons. The molecule has 0 saturated heterocycles. The first kappa shape index (κ1) is 27.0. The highest BCUT2D eigenvalue weighted by Gasteiger charge is 2.43. The number of fused-ring (bicyclic) bond motifs is 1. The Hall–Kier alpha value is -4.07. The van der Waals surface area contributed by atoms with Gasteiger partial charge in [0.05, 0.1) is 26.2 Å². The number of nitrogens with one attached hydrogen (secondary N) is 1. The number of carbonyl (C=O) groups excluding carboxylic acids is 2. The monoisotopic (exact) mass is 516 g/mol. The van der Waals surface area contributed by atoms with Gasteiger partial charge in [-0.25, -0.2) is 0 Å². The Labute approximate surface area is 224 Å². The SMILES string of the molecule is CCN(CCCNC(=O)[C@@H]1c2cc(OC)c(OC)cc2C(=O)N(C)[C@@H]1c1cccnc1)c1cccc(C)c1. The van der Waals surface area contributed by atoms with Gasteiger partial charge in [-0.2, -0.15) is 0 Å². The summed E-state index contributed by atoms with van der Waals surface area (Å²) in [4.78, 5) is 35.4. The molecule has 2 amide bonds. The molecule has 1 aliphatic heterocycles. The summed E-state index contributed by atoms with van der Waals surface area (Å²) in [5.41, 5.74) is 4.24. The number of aromatic nitrogens is 1. The summed E-state index contributed by atoms with van der Waals surface area (Å²) < 4.78 is 11.0. The second-order valence-corrected chi connectivity index (χ2v) is 9.48. The Kier molecular flexibility index (Phi) is 8.51. The van der Waals surface area contributed by atoms with E-state index in [2.05, 4.69) is 53.3 Å². The fraction of sp³-hybridized carbons (Fsp3) is 0.367. The van der Waals surface area contributed by atoms with Crippen LogP contribution in [0.4, 0.5) is 5.69 Å². The quantitative estimate of drug-likeness (QED) is 0.404. The van der Waals surface area contributed by atoms with E-state index in [-0.39, 0.29) is 11.8 Å². The molecule has 200 valence electrons. The third-order valence-corrected chi connectivity index (χ3v) is 7.14. The first-order valence-corrected chi connectivity index (χ1v) is 12.9. The van der Waals surface area contributed by atoms with Crippen molar-refractivity contribution in [2.75, 3.05) is 45.8 Å². The number of amides is 2. The average molecular weight is 517 g/mol. The first-order valence-electron chi connectivity index (χ1n) is 12.9. The minimum Gasteiger partial charge on any atom is -0.493 e. The molecule has 0 fully saturated rings. The summed E-state index contributed by atoms with van der Waals surface area (Å²) >= 11 is 0. The van der Waals surface area contributed by atoms with Gasteiger partial charge in [0.15, 0.2) is 11.5 Å². The normalized spacial score (nSPS) is 16.6. The zero-order valence-corrected chi connectivity index (χ0v) is 22.7. The molecule has 0 unspecified atom stereocenters. The number of ether oxygens (including phenoxy) is 2. The Morgan fingerprint density at radius 1 is 1.11 bits per heavy atom. The number of benzene rings is 2. The lowest BCUT2D eigenvalue weighted by atomic mass is 9.79. The van der Waals surface area contributed by atoms with Gasteiger partial charge in [0.1, 0.15) is 0 Å². The predicted octanol–water partition coefficient (Wildman–Crippen LogP) is 4.35. The standard InChI is InChI=1S/C30H36N4O4/c1-6-34(22-12-7-10-20(2)16-22)15-9-14-32-29(35)27-23-17-25(37-4)26(38-5)18-24(23)30(36)33(3)28(27)21-11-8-13-31-19-21/h7-8,10-13,16-19,27-28H,6,9,14-15H2,1-5H3,(H,32,35)/t27-,28-/m1/s1. The van der Waals surface area contributed by atoms with E-state index >= 15 is 0 Å². The van der Waals surface area contributed by atoms with Crippen molar-refractivity contribution >= 4 is 17.5 Å². The van der Waals surface area contributed by atoms with Gasteiger partial charge in [-0.05, 0) is 67.3 Å². The molecule has 1 aromatic heterocycles. The van der Waals surface area contributed by atoms with Gasteiger partial charge >= 0.3 is 0 Å². The van der Waals surface area contributed by atoms with E-state index in [1.807, 2.05) is 12.1 Å². The molecule has 2 aromatic carbocycles. The van der Waals surface area contributed by atoms with Crippen molar-refractivity contribution in [1.82, 2.24) is 15.2 Å². The second kappa shape index (κ2) is 12.0. The molecule has 8 heteroatoms. The number of nitrogens with zero attached hydrogens (tertiary/aromatic N) is 3. The summed E-state index contributed by atoms with van der Waals surface area (Å²) in [6.45, 7) is 6.43. The minimum absolute atomic E-state index is 0.148. The Bertz CT molecular complexity index is 1280. The van der Waals surface area contributed by atoms with Crippen molar-refractivity contribution in [1.29, 1.82) is 0 Å². The maximum absolute atomic E-state index is 13.8. The van der Waals surface area contributed by atoms with Crippen LogP contribution in [0.15, 0.2) is 60.9 Å². The Morgan fingerprint density at radius 3 is 2.53 bits per heavy atom. The number of pyridine rings is 1. The zero-order valence-electron chi connectivity index (χ0n) is 22.7. The molecule has 1 N–H and O–H groups in total. The molecule has 2 atom stereocenters. The predicted molar refractivity (Wildman–Crippen MR) is 148 cm³/mol. The smallest absolute Gasteiger partial charge is 0.254 e. The lowest BCUT2D eigenvalue weighted by Gasteiger charge is -2.40. The van der Waals surface area contributed by atoms with E-state index in [1.54, 1.807) is 43.6 Å². The summed E-state index contributed by atoms with van der Waals surface area (Å²) in [5.74, 6) is -0.0532. The number of likely N-dealkylation sites (N-methyl/N-ethyl adjacent to an activating group) is 1. The van der Waals surface area contributed by atoms with Crippen LogP contribution in [0.3, 0.4) is 0 Å². The van der Waals surface area contributed by atoms with Crippen LogP contribution in [0.25, 0.3) is 0 Å². The van der Waals surface area contributed by atoms with Gasteiger partial charge in [-0.15, -0.1) is 0 Å². The number of hydrogen-bond acceptors (Lipinski definition) is 6. The maximum Gasteiger partial charge on any atom is 0.254 e. The van der Waals surface area contributed by atoms with Crippen molar-refractivity contribution in [2.45, 2.75) is 32.2 Å². The van der Waals surface area contributed by atoms with E-state index in [1.165, 1.54) is 18.4 Å². The number of hydrogen-bond donors (Lipinski definition) is 1. The van der Waals surface area contributed by atoms with E-state index in [9.17, 15) is 9.59 Å². The van der Waals surface area contributed by atoms with Crippen LogP contribution >= 0.6 is 0 Å². The van der Waals surface area contributed by atoms with Crippen molar-refractivity contribution < 1.29 is 19.1 Å². The highest BCUT2D eigenvalue weighted by molar-refractivity contribution is 6.02. The highest BCUT2D eigenvalue weighted by Crippen LogP contribution is 2.45. The van der Waals surface area contributed by atoms with E-state index in [0.717, 1.165) is 25.1 Å². The molecule has 0 aliphatic carbocycles. The number of methoxy groups -OCH3 is 2. The fourth-order valence-corrected chi connectivity index (χ4v) is 5.18. The third kappa shape index (κ3) is 5.44. The van der Waals surface area contributed by atoms with Gasteiger partial charge in [0.2, 0.25) is 5.91 Å². The molecule has 1 aliphatic rings. The van der Waals surface area contributed by atoms with Gasteiger partial charge in [-0.3, -0.25) is 14.6 Å². The van der Waals surface area contributed by atoms with Gasteiger partial charge in [0.25, 0.3) is 5.91 Å². The second-order valence-electron chi connectivity index (χ2n) is 9.48. The average Bonchev–Trinajstić information content (AvgIpc) is 2.94. The Balaban J connectivity index is 1.59. The molecule has 0 spiro atoms. The van der Waals surface area contributed by atoms with Crippen LogP contribution in [0.5, 0.6) is 11.5 Å². The van der Waals surface area contributed by atoms with Crippen LogP contribution in [0.2, 0.25) is 0 Å². The van der Waals surface area contributed by atoms with Crippen LogP contribution in [-0.4, -0.2) is 62.6 Å². The maximum atomic E-state index is 13.8. The summed E-state index contributed by atoms with van der Waals surface area (Å²) in [6, 6.07) is 15.1. The molecule has 4 rings (SSSR count). The molecular weight excluding hydrogens is 480 g/mol. The minimum atomic E-state index is -0.643. The molecular formula is C30H36N4O4. The summed E-state index contributed by atoms with van der Waals surface area (Å²) in [7, 11) is 4.80. The van der Waals surface area contributed by atoms with E-state index in [4.69, 9.17) is 9.47 Å². The van der Waals surface area contributed by atoms with Gasteiger partial charge in [0, 0.05) is 50.3 Å². The highest BCUT2D eigenvalue weighted by atomic mass is 16.5. The van der Waals surface area contributed by atoms with Crippen LogP contribution in [0, 0.1) is 6.92 Å². The van der Waals surface area contributed by atoms with Crippen molar-refractivity contribution in [3.8, 4) is 11.5 Å². The molecule has 8 nitrogen and oxygen atoms in total. The van der Waals surface area contributed by atoms with Crippen LogP contribution < -0.4 is 19.7 Å².